The lowest BCUT2D eigenvalue weighted by Crippen LogP contribution is -2.34. The smallest absolute Gasteiger partial charge is 0.182 e. The summed E-state index contributed by atoms with van der Waals surface area (Å²) in [6.45, 7) is 11.2. The number of rotatable bonds is 6. The van der Waals surface area contributed by atoms with Crippen LogP contribution in [0.15, 0.2) is 30.7 Å². The first-order chi connectivity index (χ1) is 14.3. The summed E-state index contributed by atoms with van der Waals surface area (Å²) in [4.78, 5) is 18.3. The highest BCUT2D eigenvalue weighted by atomic mass is 15.4. The van der Waals surface area contributed by atoms with E-state index in [1.807, 2.05) is 43.5 Å². The molecule has 30 heavy (non-hydrogen) atoms. The SMILES string of the molecule is CN(C)c1ccc(-c2nc(CN3CCn4ccnc4C3)n(CCC(C)(C)C)n2)cn1. The summed E-state index contributed by atoms with van der Waals surface area (Å²) >= 11 is 0. The molecule has 8 heteroatoms. The number of aromatic nitrogens is 6. The molecule has 0 atom stereocenters. The van der Waals surface area contributed by atoms with Crippen LogP contribution in [0.4, 0.5) is 5.82 Å². The Hall–Kier alpha value is -2.74. The van der Waals surface area contributed by atoms with Crippen LogP contribution in [-0.4, -0.2) is 54.8 Å². The van der Waals surface area contributed by atoms with E-state index in [1.165, 1.54) is 0 Å². The molecule has 1 aliphatic rings. The topological polar surface area (TPSA) is 67.9 Å². The van der Waals surface area contributed by atoms with Crippen LogP contribution in [0.1, 0.15) is 38.8 Å². The van der Waals surface area contributed by atoms with E-state index in [9.17, 15) is 0 Å². The molecule has 0 spiro atoms. The minimum Gasteiger partial charge on any atom is -0.363 e. The van der Waals surface area contributed by atoms with Crippen molar-refractivity contribution in [2.75, 3.05) is 25.5 Å². The van der Waals surface area contributed by atoms with Crippen molar-refractivity contribution in [2.45, 2.75) is 53.4 Å². The average Bonchev–Trinajstić information content (AvgIpc) is 3.32. The van der Waals surface area contributed by atoms with Gasteiger partial charge in [-0.05, 0) is 24.0 Å². The Morgan fingerprint density at radius 1 is 1.10 bits per heavy atom. The monoisotopic (exact) mass is 408 g/mol. The van der Waals surface area contributed by atoms with Crippen LogP contribution in [0.25, 0.3) is 11.4 Å². The minimum atomic E-state index is 0.244. The van der Waals surface area contributed by atoms with Gasteiger partial charge in [-0.2, -0.15) is 5.10 Å². The quantitative estimate of drug-likeness (QED) is 0.624. The van der Waals surface area contributed by atoms with Gasteiger partial charge in [0.25, 0.3) is 0 Å². The number of imidazole rings is 1. The number of nitrogens with zero attached hydrogens (tertiary/aromatic N) is 8. The highest BCUT2D eigenvalue weighted by molar-refractivity contribution is 5.55. The van der Waals surface area contributed by atoms with Crippen LogP contribution in [0, 0.1) is 5.41 Å². The van der Waals surface area contributed by atoms with Crippen molar-refractivity contribution in [1.82, 2.24) is 34.2 Å². The average molecular weight is 409 g/mol. The Morgan fingerprint density at radius 2 is 1.93 bits per heavy atom. The molecular weight excluding hydrogens is 376 g/mol. The second-order valence-corrected chi connectivity index (χ2v) is 9.43. The molecule has 0 unspecified atom stereocenters. The van der Waals surface area contributed by atoms with Crippen molar-refractivity contribution in [1.29, 1.82) is 0 Å². The summed E-state index contributed by atoms with van der Waals surface area (Å²) in [5.74, 6) is 3.79. The predicted octanol–water partition coefficient (Wildman–Crippen LogP) is 3.05. The predicted molar refractivity (Wildman–Crippen MR) is 118 cm³/mol. The molecule has 0 aliphatic carbocycles. The number of pyridine rings is 1. The van der Waals surface area contributed by atoms with Crippen LogP contribution in [0.3, 0.4) is 0 Å². The van der Waals surface area contributed by atoms with Gasteiger partial charge in [0.2, 0.25) is 0 Å². The Kier molecular flexibility index (Phi) is 5.60. The third-order valence-corrected chi connectivity index (χ3v) is 5.48. The molecule has 1 aliphatic heterocycles. The number of fused-ring (bicyclic) bond motifs is 1. The summed E-state index contributed by atoms with van der Waals surface area (Å²) in [6, 6.07) is 4.06. The van der Waals surface area contributed by atoms with Crippen LogP contribution in [0.5, 0.6) is 0 Å². The number of anilines is 1. The summed E-state index contributed by atoms with van der Waals surface area (Å²) in [7, 11) is 3.98. The van der Waals surface area contributed by atoms with E-state index in [0.717, 1.165) is 68.0 Å². The second kappa shape index (κ2) is 8.18. The minimum absolute atomic E-state index is 0.244. The van der Waals surface area contributed by atoms with E-state index in [2.05, 4.69) is 51.1 Å². The van der Waals surface area contributed by atoms with E-state index < -0.39 is 0 Å². The molecule has 3 aromatic heterocycles. The molecule has 4 heterocycles. The highest BCUT2D eigenvalue weighted by Crippen LogP contribution is 2.23. The maximum Gasteiger partial charge on any atom is 0.182 e. The molecule has 0 amide bonds. The number of aryl methyl sites for hydroxylation is 1. The van der Waals surface area contributed by atoms with Gasteiger partial charge < -0.3 is 9.47 Å². The van der Waals surface area contributed by atoms with E-state index in [4.69, 9.17) is 10.1 Å². The van der Waals surface area contributed by atoms with Gasteiger partial charge in [-0.15, -0.1) is 0 Å². The third kappa shape index (κ3) is 4.70. The largest absolute Gasteiger partial charge is 0.363 e. The first kappa shape index (κ1) is 20.5. The fraction of sp³-hybridized carbons (Fsp3) is 0.545. The van der Waals surface area contributed by atoms with Crippen LogP contribution < -0.4 is 4.90 Å². The van der Waals surface area contributed by atoms with Crippen LogP contribution in [0.2, 0.25) is 0 Å². The molecule has 0 aromatic carbocycles. The first-order valence-electron chi connectivity index (χ1n) is 10.6. The zero-order valence-electron chi connectivity index (χ0n) is 18.7. The Morgan fingerprint density at radius 3 is 2.63 bits per heavy atom. The molecule has 160 valence electrons. The second-order valence-electron chi connectivity index (χ2n) is 9.43. The molecule has 0 N–H and O–H groups in total. The zero-order chi connectivity index (χ0) is 21.3. The lowest BCUT2D eigenvalue weighted by atomic mass is 9.92. The van der Waals surface area contributed by atoms with Gasteiger partial charge in [0, 0.05) is 57.9 Å². The van der Waals surface area contributed by atoms with Gasteiger partial charge in [-0.25, -0.2) is 19.6 Å². The Balaban J connectivity index is 1.57. The van der Waals surface area contributed by atoms with Crippen molar-refractivity contribution < 1.29 is 0 Å². The van der Waals surface area contributed by atoms with E-state index in [0.29, 0.717) is 0 Å². The Bertz CT molecular complexity index is 977. The molecular formula is C22H32N8. The lowest BCUT2D eigenvalue weighted by Gasteiger charge is -2.27. The van der Waals surface area contributed by atoms with Crippen molar-refractivity contribution in [3.8, 4) is 11.4 Å². The molecule has 0 bridgehead atoms. The highest BCUT2D eigenvalue weighted by Gasteiger charge is 2.21. The number of hydrogen-bond acceptors (Lipinski definition) is 6. The van der Waals surface area contributed by atoms with Crippen molar-refractivity contribution in [2.24, 2.45) is 5.41 Å². The van der Waals surface area contributed by atoms with Gasteiger partial charge in [-0.1, -0.05) is 20.8 Å². The maximum absolute atomic E-state index is 4.92. The molecule has 0 saturated carbocycles. The van der Waals surface area contributed by atoms with Crippen molar-refractivity contribution in [3.05, 3.63) is 42.4 Å². The third-order valence-electron chi connectivity index (χ3n) is 5.48. The molecule has 0 saturated heterocycles. The van der Waals surface area contributed by atoms with Gasteiger partial charge in [-0.3, -0.25) is 4.90 Å². The van der Waals surface area contributed by atoms with Gasteiger partial charge in [0.05, 0.1) is 13.1 Å². The normalized spacial score (nSPS) is 14.7. The van der Waals surface area contributed by atoms with E-state index in [1.54, 1.807) is 0 Å². The Labute approximate surface area is 178 Å². The van der Waals surface area contributed by atoms with Gasteiger partial charge in [0.1, 0.15) is 17.5 Å². The summed E-state index contributed by atoms with van der Waals surface area (Å²) in [5, 5.41) is 4.86. The molecule has 0 fully saturated rings. The lowest BCUT2D eigenvalue weighted by molar-refractivity contribution is 0.199. The van der Waals surface area contributed by atoms with Gasteiger partial charge >= 0.3 is 0 Å². The molecule has 8 nitrogen and oxygen atoms in total. The van der Waals surface area contributed by atoms with Crippen molar-refractivity contribution in [3.63, 3.8) is 0 Å². The summed E-state index contributed by atoms with van der Waals surface area (Å²) in [6.07, 6.45) is 6.85. The van der Waals surface area contributed by atoms with E-state index in [-0.39, 0.29) is 5.41 Å². The first-order valence-corrected chi connectivity index (χ1v) is 10.6. The number of hydrogen-bond donors (Lipinski definition) is 0. The summed E-state index contributed by atoms with van der Waals surface area (Å²) < 4.78 is 4.31. The van der Waals surface area contributed by atoms with Crippen LogP contribution >= 0.6 is 0 Å². The zero-order valence-corrected chi connectivity index (χ0v) is 18.7. The molecule has 4 rings (SSSR count). The fourth-order valence-electron chi connectivity index (χ4n) is 3.58. The standard InChI is InChI=1S/C22H32N8/c1-22(2,3)8-10-30-20(16-28-12-13-29-11-9-23-19(29)15-28)25-21(26-30)17-6-7-18(24-14-17)27(4)5/h6-7,9,11,14H,8,10,12-13,15-16H2,1-5H3. The fourth-order valence-corrected chi connectivity index (χ4v) is 3.58. The van der Waals surface area contributed by atoms with Crippen LogP contribution in [-0.2, 0) is 26.2 Å². The van der Waals surface area contributed by atoms with Gasteiger partial charge in [0.15, 0.2) is 5.82 Å². The molecule has 3 aromatic rings. The molecule has 0 radical (unpaired) electrons. The van der Waals surface area contributed by atoms with Crippen molar-refractivity contribution >= 4 is 5.82 Å². The maximum atomic E-state index is 4.92. The van der Waals surface area contributed by atoms with E-state index >= 15 is 0 Å². The summed E-state index contributed by atoms with van der Waals surface area (Å²) in [5.41, 5.74) is 1.19.